The maximum absolute atomic E-state index is 5.93. The molecule has 20 heavy (non-hydrogen) atoms. The number of aromatic nitrogens is 2. The minimum Gasteiger partial charge on any atom is -0.493 e. The van der Waals surface area contributed by atoms with E-state index in [4.69, 9.17) is 14.2 Å². The highest BCUT2D eigenvalue weighted by molar-refractivity contribution is 5.31. The van der Waals surface area contributed by atoms with Gasteiger partial charge in [0, 0.05) is 40.2 Å². The first kappa shape index (κ1) is 15.3. The van der Waals surface area contributed by atoms with Gasteiger partial charge in [-0.3, -0.25) is 4.68 Å². The van der Waals surface area contributed by atoms with Gasteiger partial charge in [-0.25, -0.2) is 0 Å². The fraction of sp³-hybridized carbons (Fsp3) is 0.786. The summed E-state index contributed by atoms with van der Waals surface area (Å²) in [6.07, 6.45) is 3.47. The van der Waals surface area contributed by atoms with Crippen LogP contribution in [0.4, 0.5) is 0 Å². The summed E-state index contributed by atoms with van der Waals surface area (Å²) in [5.74, 6) is 0.793. The number of hydrogen-bond donors (Lipinski definition) is 1. The number of likely N-dealkylation sites (N-methyl/N-ethyl adjacent to an activating group) is 1. The Labute approximate surface area is 120 Å². The molecule has 6 heteroatoms. The SMILES string of the molecule is CCNC(c1c(OC)cnn1C)C1(OC)CCOCC1. The molecule has 0 aromatic carbocycles. The van der Waals surface area contributed by atoms with Gasteiger partial charge in [0.25, 0.3) is 0 Å². The molecule has 0 radical (unpaired) electrons. The van der Waals surface area contributed by atoms with Crippen molar-refractivity contribution in [2.24, 2.45) is 7.05 Å². The van der Waals surface area contributed by atoms with Gasteiger partial charge in [-0.1, -0.05) is 6.92 Å². The predicted molar refractivity (Wildman–Crippen MR) is 76.0 cm³/mol. The molecule has 2 rings (SSSR count). The van der Waals surface area contributed by atoms with E-state index in [0.29, 0.717) is 0 Å². The van der Waals surface area contributed by atoms with Crippen LogP contribution in [0.15, 0.2) is 6.20 Å². The summed E-state index contributed by atoms with van der Waals surface area (Å²) in [6.45, 7) is 4.38. The predicted octanol–water partition coefficient (Wildman–Crippen LogP) is 1.27. The third-order valence-corrected chi connectivity index (χ3v) is 4.12. The number of nitrogens with zero attached hydrogens (tertiary/aromatic N) is 2. The van der Waals surface area contributed by atoms with Crippen LogP contribution in [-0.2, 0) is 16.5 Å². The number of hydrogen-bond acceptors (Lipinski definition) is 5. The third-order valence-electron chi connectivity index (χ3n) is 4.12. The number of aryl methyl sites for hydroxylation is 1. The molecule has 0 saturated carbocycles. The molecule has 0 amide bonds. The van der Waals surface area contributed by atoms with Crippen LogP contribution in [0, 0.1) is 0 Å². The van der Waals surface area contributed by atoms with Crippen molar-refractivity contribution < 1.29 is 14.2 Å². The van der Waals surface area contributed by atoms with E-state index in [1.165, 1.54) is 0 Å². The van der Waals surface area contributed by atoms with E-state index in [0.717, 1.165) is 44.0 Å². The van der Waals surface area contributed by atoms with Crippen LogP contribution >= 0.6 is 0 Å². The van der Waals surface area contributed by atoms with E-state index in [1.807, 2.05) is 11.7 Å². The summed E-state index contributed by atoms with van der Waals surface area (Å²) in [6, 6.07) is 0.0313. The van der Waals surface area contributed by atoms with Crippen molar-refractivity contribution in [1.82, 2.24) is 15.1 Å². The highest BCUT2D eigenvalue weighted by Gasteiger charge is 2.43. The lowest BCUT2D eigenvalue weighted by atomic mass is 9.83. The van der Waals surface area contributed by atoms with Crippen molar-refractivity contribution in [3.8, 4) is 5.75 Å². The smallest absolute Gasteiger partial charge is 0.161 e. The molecular weight excluding hydrogens is 258 g/mol. The zero-order chi connectivity index (χ0) is 14.6. The molecule has 6 nitrogen and oxygen atoms in total. The third kappa shape index (κ3) is 2.68. The van der Waals surface area contributed by atoms with Gasteiger partial charge in [0.2, 0.25) is 0 Å². The van der Waals surface area contributed by atoms with Gasteiger partial charge >= 0.3 is 0 Å². The minimum atomic E-state index is -0.282. The number of methoxy groups -OCH3 is 2. The van der Waals surface area contributed by atoms with Crippen LogP contribution in [0.2, 0.25) is 0 Å². The van der Waals surface area contributed by atoms with Gasteiger partial charge in [-0.05, 0) is 6.54 Å². The quantitative estimate of drug-likeness (QED) is 0.852. The number of rotatable bonds is 6. The van der Waals surface area contributed by atoms with Crippen LogP contribution in [0.25, 0.3) is 0 Å². The molecule has 1 N–H and O–H groups in total. The summed E-state index contributed by atoms with van der Waals surface area (Å²) in [5, 5.41) is 7.86. The largest absolute Gasteiger partial charge is 0.493 e. The molecule has 0 aliphatic carbocycles. The molecule has 1 unspecified atom stereocenters. The van der Waals surface area contributed by atoms with Gasteiger partial charge < -0.3 is 19.5 Å². The van der Waals surface area contributed by atoms with Crippen molar-refractivity contribution in [3.63, 3.8) is 0 Å². The van der Waals surface area contributed by atoms with Crippen LogP contribution in [0.3, 0.4) is 0 Å². The van der Waals surface area contributed by atoms with Gasteiger partial charge in [0.05, 0.1) is 30.6 Å². The van der Waals surface area contributed by atoms with E-state index in [1.54, 1.807) is 20.4 Å². The van der Waals surface area contributed by atoms with Crippen molar-refractivity contribution >= 4 is 0 Å². The molecule has 1 aromatic heterocycles. The average Bonchev–Trinajstić information content (AvgIpc) is 2.86. The lowest BCUT2D eigenvalue weighted by molar-refractivity contribution is -0.113. The van der Waals surface area contributed by atoms with Crippen LogP contribution in [0.5, 0.6) is 5.75 Å². The van der Waals surface area contributed by atoms with Crippen molar-refractivity contribution in [3.05, 3.63) is 11.9 Å². The van der Waals surface area contributed by atoms with Crippen LogP contribution < -0.4 is 10.1 Å². The average molecular weight is 283 g/mol. The fourth-order valence-corrected chi connectivity index (χ4v) is 2.98. The molecule has 1 aliphatic heterocycles. The molecule has 2 heterocycles. The van der Waals surface area contributed by atoms with Crippen LogP contribution in [0.1, 0.15) is 31.5 Å². The molecule has 1 aliphatic rings. The lowest BCUT2D eigenvalue weighted by Crippen LogP contribution is -2.50. The molecule has 1 fully saturated rings. The number of ether oxygens (including phenoxy) is 3. The minimum absolute atomic E-state index is 0.0313. The number of nitrogens with one attached hydrogen (secondary N) is 1. The monoisotopic (exact) mass is 283 g/mol. The summed E-state index contributed by atoms with van der Waals surface area (Å²) in [4.78, 5) is 0. The maximum atomic E-state index is 5.93. The standard InChI is InChI=1S/C14H25N3O3/c1-5-15-13(12-11(18-3)10-16-17(12)2)14(19-4)6-8-20-9-7-14/h10,13,15H,5-9H2,1-4H3. The zero-order valence-electron chi connectivity index (χ0n) is 12.8. The first-order chi connectivity index (χ1) is 9.68. The Morgan fingerprint density at radius 3 is 2.70 bits per heavy atom. The zero-order valence-corrected chi connectivity index (χ0v) is 12.8. The van der Waals surface area contributed by atoms with Crippen molar-refractivity contribution in [1.29, 1.82) is 0 Å². The van der Waals surface area contributed by atoms with Gasteiger partial charge in [-0.2, -0.15) is 5.10 Å². The van der Waals surface area contributed by atoms with Crippen LogP contribution in [-0.4, -0.2) is 49.4 Å². The highest BCUT2D eigenvalue weighted by atomic mass is 16.5. The summed E-state index contributed by atoms with van der Waals surface area (Å²) >= 11 is 0. The molecule has 0 spiro atoms. The molecule has 1 saturated heterocycles. The van der Waals surface area contributed by atoms with E-state index in [2.05, 4.69) is 17.3 Å². The lowest BCUT2D eigenvalue weighted by Gasteiger charge is -2.42. The Morgan fingerprint density at radius 2 is 2.15 bits per heavy atom. The Balaban J connectivity index is 2.40. The van der Waals surface area contributed by atoms with Crippen molar-refractivity contribution in [2.45, 2.75) is 31.4 Å². The first-order valence-electron chi connectivity index (χ1n) is 7.10. The normalized spacial score (nSPS) is 19.8. The second-order valence-corrected chi connectivity index (χ2v) is 5.09. The summed E-state index contributed by atoms with van der Waals surface area (Å²) in [5.41, 5.74) is 0.744. The summed E-state index contributed by atoms with van der Waals surface area (Å²) < 4.78 is 18.8. The van der Waals surface area contributed by atoms with Gasteiger partial charge in [0.1, 0.15) is 0 Å². The highest BCUT2D eigenvalue weighted by Crippen LogP contribution is 2.40. The van der Waals surface area contributed by atoms with E-state index < -0.39 is 0 Å². The molecule has 114 valence electrons. The summed E-state index contributed by atoms with van der Waals surface area (Å²) in [7, 11) is 5.39. The fourth-order valence-electron chi connectivity index (χ4n) is 2.98. The molecule has 1 atom stereocenters. The van der Waals surface area contributed by atoms with Gasteiger partial charge in [-0.15, -0.1) is 0 Å². The topological polar surface area (TPSA) is 57.5 Å². The Kier molecular flexibility index (Phi) is 5.01. The van der Waals surface area contributed by atoms with Crippen molar-refractivity contribution in [2.75, 3.05) is 34.0 Å². The van der Waals surface area contributed by atoms with E-state index in [-0.39, 0.29) is 11.6 Å². The Hall–Kier alpha value is -1.11. The molecular formula is C14H25N3O3. The Bertz CT molecular complexity index is 427. The van der Waals surface area contributed by atoms with E-state index >= 15 is 0 Å². The van der Waals surface area contributed by atoms with E-state index in [9.17, 15) is 0 Å². The second-order valence-electron chi connectivity index (χ2n) is 5.09. The molecule has 0 bridgehead atoms. The Morgan fingerprint density at radius 1 is 1.45 bits per heavy atom. The maximum Gasteiger partial charge on any atom is 0.161 e. The second kappa shape index (κ2) is 6.56. The van der Waals surface area contributed by atoms with Gasteiger partial charge in [0.15, 0.2) is 5.75 Å². The first-order valence-corrected chi connectivity index (χ1v) is 7.10. The molecule has 1 aromatic rings.